The first-order valence-corrected chi connectivity index (χ1v) is 46.0. The summed E-state index contributed by atoms with van der Waals surface area (Å²) in [6.45, 7) is 28.5. The van der Waals surface area contributed by atoms with Crippen LogP contribution in [0.3, 0.4) is 0 Å². The monoisotopic (exact) mass is 1780 g/mol. The molecule has 8 N–H and O–H groups in total. The Kier molecular flexibility index (Phi) is 33.1. The summed E-state index contributed by atoms with van der Waals surface area (Å²) in [5.41, 5.74) is 10.4. The molecule has 1 saturated carbocycles. The van der Waals surface area contributed by atoms with Crippen molar-refractivity contribution in [1.82, 2.24) is 61.2 Å². The Morgan fingerprint density at radius 2 is 1.42 bits per heavy atom. The molecule has 12 rings (SSSR count). The number of fused-ring (bicyclic) bond motifs is 3. The maximum atomic E-state index is 15.2. The molecule has 8 heterocycles. The molecule has 35 nitrogen and oxygen atoms in total. The van der Waals surface area contributed by atoms with E-state index in [-0.39, 0.29) is 114 Å². The van der Waals surface area contributed by atoms with Crippen LogP contribution in [0.2, 0.25) is 0 Å². The Morgan fingerprint density at radius 1 is 0.746 bits per heavy atom. The SMILES string of the molecule is Cc1ncsc1-c1ccc([C@H](C)NC(=O)[C@@H]2C[C@@H](OP(=O)(OC(C)(C)C)OC(C)(C)C)CN2C(=O)[C@@H](c2cc(OCCN3CCC(N4CCN5c6cc(-c7ccccc7OCc7ccc(NC(=O)[C@H](CCCNC(N)=O)NC(=O)C8(C(=O)NCCOCCOCCOCCOCCN9C(=O)C=CC9=O)CCC8)cc7)nnc6N[C@@H](C)[C@@H]5C4)CC3)no2)C(C)C)cc1. The second-order valence-electron chi connectivity index (χ2n) is 35.0. The molecular formula is C89H123N16O19PS. The van der Waals surface area contributed by atoms with Crippen LogP contribution in [0.1, 0.15) is 155 Å². The predicted molar refractivity (Wildman–Crippen MR) is 472 cm³/mol. The number of carbonyl (C=O) groups is 8. The first-order chi connectivity index (χ1) is 60.3. The maximum absolute atomic E-state index is 15.2. The van der Waals surface area contributed by atoms with Crippen LogP contribution in [0.15, 0.2) is 107 Å². The number of hydrogen-bond donors (Lipinski definition) is 7. The van der Waals surface area contributed by atoms with Gasteiger partial charge in [0.25, 0.3) is 17.7 Å². The number of thiazole rings is 1. The van der Waals surface area contributed by atoms with Crippen molar-refractivity contribution in [3.63, 3.8) is 0 Å². The van der Waals surface area contributed by atoms with Gasteiger partial charge in [0.15, 0.2) is 11.6 Å². The number of likely N-dealkylation sites (tertiary alicyclic amines) is 2. The van der Waals surface area contributed by atoms with E-state index in [1.54, 1.807) is 71.1 Å². The number of nitrogens with zero attached hydrogens (tertiary/aromatic N) is 9. The number of primary amides is 1. The predicted octanol–water partition coefficient (Wildman–Crippen LogP) is 9.48. The molecule has 3 aromatic carbocycles. The Hall–Kier alpha value is -9.85. The average molecular weight is 1780 g/mol. The van der Waals surface area contributed by atoms with Crippen molar-refractivity contribution in [2.75, 3.05) is 140 Å². The Balaban J connectivity index is 0.583. The van der Waals surface area contributed by atoms with Gasteiger partial charge in [0.2, 0.25) is 29.5 Å². The van der Waals surface area contributed by atoms with Crippen molar-refractivity contribution >= 4 is 83.7 Å². The normalized spacial score (nSPS) is 19.3. The Bertz CT molecular complexity index is 4740. The number of phosphoric ester groups is 1. The van der Waals surface area contributed by atoms with E-state index >= 15 is 4.79 Å². The van der Waals surface area contributed by atoms with Crippen LogP contribution in [0.5, 0.6) is 11.6 Å². The zero-order valence-electron chi connectivity index (χ0n) is 74.0. The fourth-order valence-electron chi connectivity index (χ4n) is 16.4. The van der Waals surface area contributed by atoms with Crippen LogP contribution in [0.25, 0.3) is 21.7 Å². The molecule has 3 aromatic heterocycles. The van der Waals surface area contributed by atoms with Gasteiger partial charge < -0.3 is 80.4 Å². The van der Waals surface area contributed by atoms with Gasteiger partial charge in [0.1, 0.15) is 42.4 Å². The summed E-state index contributed by atoms with van der Waals surface area (Å²) in [6.07, 6.45) is 5.23. The lowest BCUT2D eigenvalue weighted by atomic mass is 9.67. The number of nitrogens with two attached hydrogens (primary N) is 1. The number of benzene rings is 3. The molecule has 6 aliphatic rings. The summed E-state index contributed by atoms with van der Waals surface area (Å²) >= 11 is 1.56. The number of rotatable bonds is 44. The number of phosphoric acid groups is 1. The fourth-order valence-corrected chi connectivity index (χ4v) is 19.2. The molecule has 4 fully saturated rings. The van der Waals surface area contributed by atoms with E-state index in [4.69, 9.17) is 62.4 Å². The van der Waals surface area contributed by atoms with Gasteiger partial charge in [-0.05, 0) is 172 Å². The van der Waals surface area contributed by atoms with Gasteiger partial charge >= 0.3 is 13.9 Å². The Morgan fingerprint density at radius 3 is 2.06 bits per heavy atom. The molecule has 37 heteroatoms. The standard InChI is InChI=1S/C89H123N16O19PS/c1-57(2)78(83(110)105-53-66(122-125(114,123-87(6,7)8)124-88(9,10)11)50-71(105)82(109)95-58(3)62-21-23-63(24-22-62)79-60(5)93-56-126-79)74-52-75(100-121-74)119-43-39-101-35-29-65(30-36-101)102-37-38-103-70-51-69(98-99-80(70)94-59(4)72(103)54-102)67-16-12-13-18-73(67)120-55-61-19-25-64(26-20-61)96-81(108)68(17-14-33-92-86(90)113)97-85(112)89(31-15-32-89)84(111)91-34-41-115-44-46-117-48-49-118-47-45-116-42-40-104-76(106)27-28-77(104)107/h12-13,16,18-28,51-52,56-59,65-66,68,71-72,78H,14-15,17,29-50,53-55H2,1-11H3,(H,91,111)(H,94,99)(H,95,109)(H,96,108)(H,97,112)(H3,90,92,113)/t58-,59-,66+,68-,71-,72-,78+/m0/s1. The molecule has 684 valence electrons. The molecule has 0 bridgehead atoms. The van der Waals surface area contributed by atoms with Crippen molar-refractivity contribution in [1.29, 1.82) is 0 Å². The zero-order valence-corrected chi connectivity index (χ0v) is 75.7. The molecule has 126 heavy (non-hydrogen) atoms. The second-order valence-corrected chi connectivity index (χ2v) is 37.4. The van der Waals surface area contributed by atoms with Gasteiger partial charge in [-0.2, -0.15) is 0 Å². The quantitative estimate of drug-likeness (QED) is 0.00809. The molecule has 3 saturated heterocycles. The van der Waals surface area contributed by atoms with E-state index in [2.05, 4.69) is 69.7 Å². The number of anilines is 3. The number of hydrogen-bond acceptors (Lipinski definition) is 28. The zero-order chi connectivity index (χ0) is 89.9. The van der Waals surface area contributed by atoms with Gasteiger partial charge in [0, 0.05) is 93.8 Å². The number of nitrogens with one attached hydrogen (secondary N) is 6. The van der Waals surface area contributed by atoms with E-state index in [1.807, 2.05) is 93.9 Å². The number of piperidine rings is 1. The van der Waals surface area contributed by atoms with E-state index in [9.17, 15) is 38.1 Å². The lowest BCUT2D eigenvalue weighted by Crippen LogP contribution is -2.63. The van der Waals surface area contributed by atoms with Gasteiger partial charge in [-0.15, -0.1) is 21.5 Å². The number of carbonyl (C=O) groups excluding carboxylic acids is 8. The van der Waals surface area contributed by atoms with Crippen molar-refractivity contribution in [3.8, 4) is 33.3 Å². The summed E-state index contributed by atoms with van der Waals surface area (Å²) in [5, 5.41) is 31.7. The number of aromatic nitrogens is 4. The molecular weight excluding hydrogens is 1660 g/mol. The molecule has 9 amide bonds. The number of ether oxygens (including phenoxy) is 6. The highest BCUT2D eigenvalue weighted by Crippen LogP contribution is 2.57. The largest absolute Gasteiger partial charge is 0.488 e. The summed E-state index contributed by atoms with van der Waals surface area (Å²) in [6, 6.07) is 24.0. The number of imide groups is 1. The highest BCUT2D eigenvalue weighted by Gasteiger charge is 2.52. The molecule has 6 aromatic rings. The van der Waals surface area contributed by atoms with Crippen molar-refractivity contribution < 1.29 is 89.4 Å². The van der Waals surface area contributed by atoms with E-state index < -0.39 is 84.2 Å². The third-order valence-electron chi connectivity index (χ3n) is 23.1. The minimum Gasteiger partial charge on any atom is -0.488 e. The molecule has 1 aliphatic carbocycles. The number of amides is 9. The van der Waals surface area contributed by atoms with Crippen LogP contribution in [-0.2, 0) is 77.3 Å². The number of para-hydroxylation sites is 1. The molecule has 0 radical (unpaired) electrons. The van der Waals surface area contributed by atoms with Crippen molar-refractivity contribution in [3.05, 3.63) is 125 Å². The van der Waals surface area contributed by atoms with Gasteiger partial charge in [-0.25, -0.2) is 14.3 Å². The van der Waals surface area contributed by atoms with Crippen molar-refractivity contribution in [2.45, 2.75) is 194 Å². The summed E-state index contributed by atoms with van der Waals surface area (Å²) in [5.74, 6) is -2.33. The van der Waals surface area contributed by atoms with Crippen LogP contribution in [-0.4, -0.2) is 260 Å². The molecule has 0 unspecified atom stereocenters. The van der Waals surface area contributed by atoms with Crippen LogP contribution >= 0.6 is 19.2 Å². The number of piperazine rings is 1. The van der Waals surface area contributed by atoms with Gasteiger partial charge in [-0.3, -0.25) is 61.8 Å². The third kappa shape index (κ3) is 25.8. The van der Waals surface area contributed by atoms with E-state index in [1.165, 1.54) is 17.1 Å². The van der Waals surface area contributed by atoms with Crippen LogP contribution in [0, 0.1) is 18.3 Å². The minimum atomic E-state index is -4.27. The van der Waals surface area contributed by atoms with Crippen LogP contribution in [0.4, 0.5) is 22.0 Å². The molecule has 0 spiro atoms. The van der Waals surface area contributed by atoms with E-state index in [0.29, 0.717) is 94.2 Å². The van der Waals surface area contributed by atoms with Gasteiger partial charge in [0.05, 0.1) is 116 Å². The van der Waals surface area contributed by atoms with Gasteiger partial charge in [-0.1, -0.05) is 68.8 Å². The smallest absolute Gasteiger partial charge is 0.476 e. The summed E-state index contributed by atoms with van der Waals surface area (Å²) in [4.78, 5) is 122. The number of aryl methyl sites for hydroxylation is 1. The highest BCUT2D eigenvalue weighted by molar-refractivity contribution is 7.48. The summed E-state index contributed by atoms with van der Waals surface area (Å²) in [7, 11) is -4.27. The third-order valence-corrected chi connectivity index (χ3v) is 26.2. The van der Waals surface area contributed by atoms with Crippen LogP contribution < -0.4 is 52.0 Å². The average Bonchev–Trinajstić information content (AvgIpc) is 1.04. The first-order valence-electron chi connectivity index (χ1n) is 43.7. The summed E-state index contributed by atoms with van der Waals surface area (Å²) < 4.78 is 73.6. The fraction of sp³-hybridized carbons (Fsp3) is 0.573. The Labute approximate surface area is 740 Å². The number of urea groups is 1. The highest BCUT2D eigenvalue weighted by atomic mass is 32.1. The molecule has 7 atom stereocenters. The van der Waals surface area contributed by atoms with E-state index in [0.717, 1.165) is 94.8 Å². The maximum Gasteiger partial charge on any atom is 0.476 e. The first kappa shape index (κ1) is 95.3. The van der Waals surface area contributed by atoms with Crippen molar-refractivity contribution in [2.24, 2.45) is 17.1 Å². The minimum absolute atomic E-state index is 0.0208. The second kappa shape index (κ2) is 43.8. The lowest BCUT2D eigenvalue weighted by Gasteiger charge is -2.51. The lowest BCUT2D eigenvalue weighted by molar-refractivity contribution is -0.151. The molecule has 5 aliphatic heterocycles. The topological polar surface area (TPSA) is 416 Å².